The minimum absolute atomic E-state index is 0.114. The Labute approximate surface area is 233 Å². The Morgan fingerprint density at radius 2 is 1.16 bits per heavy atom. The van der Waals surface area contributed by atoms with Gasteiger partial charge in [0.25, 0.3) is 0 Å². The number of rotatable bonds is 1. The van der Waals surface area contributed by atoms with Gasteiger partial charge in [0.15, 0.2) is 34.9 Å². The number of aryl methyl sites for hydroxylation is 1. The van der Waals surface area contributed by atoms with Crippen LogP contribution in [0.4, 0.5) is 26.3 Å². The Morgan fingerprint density at radius 1 is 0.730 bits per heavy atom. The molecule has 0 aliphatic carbocycles. The molecule has 3 rings (SSSR count). The van der Waals surface area contributed by atoms with Crippen molar-refractivity contribution in [1.29, 1.82) is 0 Å². The SMILES string of the molecule is CC(C)(C)OC(=O)c1c(O)c(Br)cc(F)c1F.Cc1cc(F)c(F)cc1Br.Oc1cc(F)c(F)cc1Br. The first-order valence-electron chi connectivity index (χ1n) is 9.90. The summed E-state index contributed by atoms with van der Waals surface area (Å²) in [6.45, 7) is 6.43. The lowest BCUT2D eigenvalue weighted by atomic mass is 10.1. The van der Waals surface area contributed by atoms with Crippen molar-refractivity contribution in [3.63, 3.8) is 0 Å². The second-order valence-electron chi connectivity index (χ2n) is 8.11. The molecular formula is C24H19Br3F6O4. The molecule has 0 spiro atoms. The lowest BCUT2D eigenvalue weighted by Gasteiger charge is -2.20. The number of hydrogen-bond acceptors (Lipinski definition) is 4. The van der Waals surface area contributed by atoms with E-state index in [4.69, 9.17) is 9.84 Å². The third kappa shape index (κ3) is 9.86. The Hall–Kier alpha value is -2.25. The number of carbonyl (C=O) groups excluding carboxylic acids is 1. The first-order chi connectivity index (χ1) is 16.8. The van der Waals surface area contributed by atoms with Gasteiger partial charge in [-0.2, -0.15) is 0 Å². The van der Waals surface area contributed by atoms with Gasteiger partial charge in [0.05, 0.1) is 8.95 Å². The van der Waals surface area contributed by atoms with E-state index >= 15 is 0 Å². The summed E-state index contributed by atoms with van der Waals surface area (Å²) in [6, 6.07) is 4.58. The van der Waals surface area contributed by atoms with E-state index in [1.165, 1.54) is 0 Å². The number of phenolic OH excluding ortho intramolecular Hbond substituents is 2. The number of esters is 1. The van der Waals surface area contributed by atoms with E-state index in [-0.39, 0.29) is 14.7 Å². The molecule has 0 unspecified atom stereocenters. The van der Waals surface area contributed by atoms with Crippen LogP contribution in [-0.2, 0) is 4.74 Å². The maximum Gasteiger partial charge on any atom is 0.345 e. The van der Waals surface area contributed by atoms with Crippen LogP contribution in [0.5, 0.6) is 11.5 Å². The van der Waals surface area contributed by atoms with Gasteiger partial charge in [-0.3, -0.25) is 0 Å². The number of carbonyl (C=O) groups is 1. The fourth-order valence-corrected chi connectivity index (χ4v) is 3.27. The second kappa shape index (κ2) is 13.5. The smallest absolute Gasteiger partial charge is 0.345 e. The van der Waals surface area contributed by atoms with Gasteiger partial charge < -0.3 is 14.9 Å². The molecule has 202 valence electrons. The Balaban J connectivity index is 0.000000294. The molecular weight excluding hydrogens is 706 g/mol. The minimum Gasteiger partial charge on any atom is -0.507 e. The summed E-state index contributed by atoms with van der Waals surface area (Å²) < 4.78 is 81.2. The molecule has 3 aromatic carbocycles. The van der Waals surface area contributed by atoms with E-state index in [2.05, 4.69) is 47.8 Å². The predicted molar refractivity (Wildman–Crippen MR) is 135 cm³/mol. The van der Waals surface area contributed by atoms with Crippen molar-refractivity contribution in [1.82, 2.24) is 0 Å². The van der Waals surface area contributed by atoms with Crippen LogP contribution in [0.15, 0.2) is 43.7 Å². The first kappa shape index (κ1) is 32.8. The zero-order chi connectivity index (χ0) is 28.8. The van der Waals surface area contributed by atoms with E-state index in [0.29, 0.717) is 16.1 Å². The molecule has 37 heavy (non-hydrogen) atoms. The van der Waals surface area contributed by atoms with Crippen LogP contribution in [0, 0.1) is 41.8 Å². The van der Waals surface area contributed by atoms with Crippen LogP contribution in [0.1, 0.15) is 36.7 Å². The molecule has 4 nitrogen and oxygen atoms in total. The highest BCUT2D eigenvalue weighted by Crippen LogP contribution is 2.33. The van der Waals surface area contributed by atoms with Crippen molar-refractivity contribution in [2.45, 2.75) is 33.3 Å². The summed E-state index contributed by atoms with van der Waals surface area (Å²) in [5.74, 6) is -8.44. The molecule has 0 aliphatic rings. The Morgan fingerprint density at radius 3 is 1.62 bits per heavy atom. The quantitative estimate of drug-likeness (QED) is 0.150. The summed E-state index contributed by atoms with van der Waals surface area (Å²) in [4.78, 5) is 11.6. The van der Waals surface area contributed by atoms with Crippen molar-refractivity contribution in [3.8, 4) is 11.5 Å². The number of phenols is 2. The van der Waals surface area contributed by atoms with Crippen LogP contribution >= 0.6 is 47.8 Å². The molecule has 0 aromatic heterocycles. The van der Waals surface area contributed by atoms with Crippen LogP contribution in [0.2, 0.25) is 0 Å². The summed E-state index contributed by atoms with van der Waals surface area (Å²) in [5.41, 5.74) is -0.986. The van der Waals surface area contributed by atoms with Gasteiger partial charge in [-0.05, 0) is 89.4 Å². The zero-order valence-electron chi connectivity index (χ0n) is 19.5. The Kier molecular flexibility index (Phi) is 12.0. The highest BCUT2D eigenvalue weighted by molar-refractivity contribution is 9.11. The van der Waals surface area contributed by atoms with E-state index in [1.807, 2.05) is 0 Å². The van der Waals surface area contributed by atoms with E-state index in [1.54, 1.807) is 27.7 Å². The van der Waals surface area contributed by atoms with E-state index in [0.717, 1.165) is 24.3 Å². The van der Waals surface area contributed by atoms with Crippen molar-refractivity contribution in [3.05, 3.63) is 89.8 Å². The van der Waals surface area contributed by atoms with Crippen LogP contribution in [0.3, 0.4) is 0 Å². The molecule has 3 aromatic rings. The normalized spacial score (nSPS) is 10.6. The van der Waals surface area contributed by atoms with Crippen molar-refractivity contribution in [2.24, 2.45) is 0 Å². The van der Waals surface area contributed by atoms with Gasteiger partial charge in [0.2, 0.25) is 0 Å². The van der Waals surface area contributed by atoms with E-state index in [9.17, 15) is 36.2 Å². The third-order valence-electron chi connectivity index (χ3n) is 3.94. The van der Waals surface area contributed by atoms with Gasteiger partial charge in [0.1, 0.15) is 22.7 Å². The monoisotopic (exact) mass is 722 g/mol. The molecule has 2 N–H and O–H groups in total. The van der Waals surface area contributed by atoms with Gasteiger partial charge in [-0.1, -0.05) is 15.9 Å². The number of aromatic hydroxyl groups is 2. The molecule has 0 atom stereocenters. The lowest BCUT2D eigenvalue weighted by Crippen LogP contribution is -2.24. The van der Waals surface area contributed by atoms with Crippen molar-refractivity contribution in [2.75, 3.05) is 0 Å². The standard InChI is InChI=1S/C11H11BrF2O3.C7H5BrF2.C6H3BrF2O/c1-11(2,3)17-10(16)7-8(14)6(13)4-5(12)9(7)15;1-4-2-6(9)7(10)3-5(4)8;7-3-1-4(8)5(9)2-6(3)10/h4,15H,1-3H3;2-3H,1H3;1-2,10H. The molecule has 0 saturated carbocycles. The van der Waals surface area contributed by atoms with Crippen LogP contribution < -0.4 is 0 Å². The maximum absolute atomic E-state index is 13.4. The number of benzene rings is 3. The first-order valence-corrected chi connectivity index (χ1v) is 12.3. The fourth-order valence-electron chi connectivity index (χ4n) is 2.24. The van der Waals surface area contributed by atoms with Crippen LogP contribution in [-0.4, -0.2) is 21.8 Å². The van der Waals surface area contributed by atoms with Gasteiger partial charge >= 0.3 is 5.97 Å². The number of ether oxygens (including phenoxy) is 1. The summed E-state index contributed by atoms with van der Waals surface area (Å²) >= 11 is 8.71. The highest BCUT2D eigenvalue weighted by atomic mass is 79.9. The molecule has 0 amide bonds. The third-order valence-corrected chi connectivity index (χ3v) is 6.03. The fraction of sp³-hybridized carbons (Fsp3) is 0.208. The second-order valence-corrected chi connectivity index (χ2v) is 10.7. The van der Waals surface area contributed by atoms with Gasteiger partial charge in [-0.25, -0.2) is 31.1 Å². The number of halogens is 9. The summed E-state index contributed by atoms with van der Waals surface area (Å²) in [7, 11) is 0. The maximum atomic E-state index is 13.4. The molecule has 0 heterocycles. The van der Waals surface area contributed by atoms with Gasteiger partial charge in [0, 0.05) is 10.5 Å². The van der Waals surface area contributed by atoms with Crippen molar-refractivity contribution >= 4 is 53.8 Å². The molecule has 0 radical (unpaired) electrons. The molecule has 0 fully saturated rings. The largest absolute Gasteiger partial charge is 0.507 e. The van der Waals surface area contributed by atoms with Crippen LogP contribution in [0.25, 0.3) is 0 Å². The Bertz CT molecular complexity index is 1110. The zero-order valence-corrected chi connectivity index (χ0v) is 24.3. The summed E-state index contributed by atoms with van der Waals surface area (Å²) in [6.07, 6.45) is 0. The minimum atomic E-state index is -1.43. The highest BCUT2D eigenvalue weighted by Gasteiger charge is 2.27. The lowest BCUT2D eigenvalue weighted by molar-refractivity contribution is 0.00604. The topological polar surface area (TPSA) is 66.8 Å². The summed E-state index contributed by atoms with van der Waals surface area (Å²) in [5, 5.41) is 18.3. The molecule has 0 saturated heterocycles. The van der Waals surface area contributed by atoms with Gasteiger partial charge in [-0.15, -0.1) is 0 Å². The average Bonchev–Trinajstić information content (AvgIpc) is 2.75. The van der Waals surface area contributed by atoms with Crippen molar-refractivity contribution < 1.29 is 46.1 Å². The van der Waals surface area contributed by atoms with E-state index < -0.39 is 57.8 Å². The molecule has 0 bridgehead atoms. The number of hydrogen-bond donors (Lipinski definition) is 2. The predicted octanol–water partition coefficient (Wildman–Crippen LogP) is 8.86. The molecule has 0 aliphatic heterocycles. The average molecular weight is 725 g/mol. The molecule has 13 heteroatoms.